The first-order chi connectivity index (χ1) is 13.9. The Balaban J connectivity index is 1.89. The monoisotopic (exact) mass is 462 g/mol. The van der Waals surface area contributed by atoms with Crippen LogP contribution in [0, 0.1) is 0 Å². The molecule has 1 saturated heterocycles. The van der Waals surface area contributed by atoms with Crippen LogP contribution in [0.4, 0.5) is 0 Å². The number of rotatable bonds is 9. The van der Waals surface area contributed by atoms with Gasteiger partial charge in [-0.3, -0.25) is 14.8 Å². The van der Waals surface area contributed by atoms with Gasteiger partial charge >= 0.3 is 5.97 Å². The topological polar surface area (TPSA) is 121 Å². The van der Waals surface area contributed by atoms with Crippen molar-refractivity contribution in [2.75, 3.05) is 45.8 Å². The zero-order chi connectivity index (χ0) is 21.2. The molecule has 2 atom stereocenters. The van der Waals surface area contributed by atoms with E-state index < -0.39 is 19.8 Å². The van der Waals surface area contributed by atoms with E-state index in [0.717, 1.165) is 5.57 Å². The van der Waals surface area contributed by atoms with Crippen molar-refractivity contribution in [2.24, 2.45) is 7.05 Å². The summed E-state index contributed by atoms with van der Waals surface area (Å²) in [6, 6.07) is 0. The highest BCUT2D eigenvalue weighted by molar-refractivity contribution is 8.01. The van der Waals surface area contributed by atoms with Crippen LogP contribution in [0.1, 0.15) is 0 Å². The summed E-state index contributed by atoms with van der Waals surface area (Å²) in [6.07, 6.45) is 0. The summed E-state index contributed by atoms with van der Waals surface area (Å²) in [5.74, 6) is 0.0803. The van der Waals surface area contributed by atoms with Crippen molar-refractivity contribution in [1.29, 1.82) is 0 Å². The van der Waals surface area contributed by atoms with Gasteiger partial charge in [-0.05, 0) is 37.4 Å². The fourth-order valence-electron chi connectivity index (χ4n) is 3.03. The normalized spacial score (nSPS) is 24.0. The van der Waals surface area contributed by atoms with Crippen LogP contribution in [0.2, 0.25) is 0 Å². The second kappa shape index (κ2) is 9.27. The molecule has 1 aromatic heterocycles. The fraction of sp³-hybridized carbons (Fsp3) is 0.667. The number of hydrogen-bond acceptors (Lipinski definition) is 11. The Bertz CT molecular complexity index is 821. The summed E-state index contributed by atoms with van der Waals surface area (Å²) in [6.45, 7) is 3.80. The van der Waals surface area contributed by atoms with E-state index in [0.29, 0.717) is 16.7 Å². The molecule has 0 bridgehead atoms. The van der Waals surface area contributed by atoms with E-state index in [2.05, 4.69) is 20.6 Å². The molecule has 14 heteroatoms. The summed E-state index contributed by atoms with van der Waals surface area (Å²) in [5.41, 5.74) is -0.128. The smallest absolute Gasteiger partial charge is 0.357 e. The number of carbonyl (C=O) groups is 2. The molecule has 3 heterocycles. The number of nitrogens with one attached hydrogen (secondary N) is 1. The number of amides is 1. The number of tetrazole rings is 1. The number of fused-ring (bicyclic) bond motifs is 1. The Morgan fingerprint density at radius 3 is 2.79 bits per heavy atom. The molecular formula is C15H23N6O5PS2. The first-order valence-electron chi connectivity index (χ1n) is 8.54. The minimum atomic E-state index is -1.14. The van der Waals surface area contributed by atoms with Crippen molar-refractivity contribution < 1.29 is 23.8 Å². The predicted octanol–water partition coefficient (Wildman–Crippen LogP) is 0.207. The average Bonchev–Trinajstić information content (AvgIpc) is 3.12. The van der Waals surface area contributed by atoms with Crippen molar-refractivity contribution in [3.05, 3.63) is 11.3 Å². The molecule has 2 aliphatic heterocycles. The molecule has 0 aliphatic carbocycles. The summed E-state index contributed by atoms with van der Waals surface area (Å²) in [7, 11) is 4.06. The highest BCUT2D eigenvalue weighted by Crippen LogP contribution is 2.49. The van der Waals surface area contributed by atoms with Gasteiger partial charge in [-0.15, -0.1) is 16.9 Å². The van der Waals surface area contributed by atoms with Crippen LogP contribution in [0.15, 0.2) is 16.4 Å². The van der Waals surface area contributed by atoms with Gasteiger partial charge < -0.3 is 14.2 Å². The standard InChI is InChI=1S/C15H23N6O5PS2/c1-20-14(16-18-19-20)29-7-9-6-28-13-15(25-3,17-27(4)5)12(23)21(13)10(9)11(22)26-8-24-2/h13,17H,6-8H2,1-5H3/t13-,15-/m0/s1. The number of thioether (sulfide) groups is 2. The molecule has 1 N–H and O–H groups in total. The van der Waals surface area contributed by atoms with Gasteiger partial charge in [0.2, 0.25) is 10.9 Å². The molecule has 160 valence electrons. The molecule has 0 aromatic carbocycles. The SMILES string of the molecule is COCOC(=O)C1=C(CSc2nnnn2C)CS[C@@H]2N1C(=O)[C@]2(NP(C)C)OC. The molecule has 1 aromatic rings. The van der Waals surface area contributed by atoms with Crippen molar-refractivity contribution in [2.45, 2.75) is 16.3 Å². The van der Waals surface area contributed by atoms with Crippen molar-refractivity contribution >= 4 is 43.5 Å². The fourth-order valence-corrected chi connectivity index (χ4v) is 6.52. The third-order valence-electron chi connectivity index (χ3n) is 4.28. The maximum atomic E-state index is 13.1. The number of hydrogen-bond donors (Lipinski definition) is 1. The van der Waals surface area contributed by atoms with E-state index >= 15 is 0 Å². The Kier molecular flexibility index (Phi) is 7.18. The van der Waals surface area contributed by atoms with Crippen LogP contribution in [-0.4, -0.2) is 93.9 Å². The predicted molar refractivity (Wildman–Crippen MR) is 109 cm³/mol. The Labute approximate surface area is 178 Å². The van der Waals surface area contributed by atoms with Gasteiger partial charge in [-0.1, -0.05) is 11.8 Å². The molecule has 11 nitrogen and oxygen atoms in total. The Hall–Kier alpha value is -1.24. The molecule has 1 fully saturated rings. The van der Waals surface area contributed by atoms with Gasteiger partial charge in [0, 0.05) is 32.8 Å². The quantitative estimate of drug-likeness (QED) is 0.178. The van der Waals surface area contributed by atoms with Gasteiger partial charge in [0.25, 0.3) is 5.91 Å². The van der Waals surface area contributed by atoms with Crippen LogP contribution in [-0.2, 0) is 30.8 Å². The second-order valence-corrected chi connectivity index (χ2v) is 10.5. The minimum Gasteiger partial charge on any atom is -0.434 e. The lowest BCUT2D eigenvalue weighted by Gasteiger charge is -2.56. The van der Waals surface area contributed by atoms with Crippen LogP contribution in [0.3, 0.4) is 0 Å². The lowest BCUT2D eigenvalue weighted by molar-refractivity contribution is -0.187. The Morgan fingerprint density at radius 2 is 2.21 bits per heavy atom. The molecule has 1 amide bonds. The van der Waals surface area contributed by atoms with Crippen molar-refractivity contribution in [3.8, 4) is 0 Å². The molecule has 0 spiro atoms. The number of esters is 1. The number of nitrogens with zero attached hydrogens (tertiary/aromatic N) is 5. The van der Waals surface area contributed by atoms with Crippen LogP contribution in [0.5, 0.6) is 0 Å². The molecule has 29 heavy (non-hydrogen) atoms. The lowest BCUT2D eigenvalue weighted by Crippen LogP contribution is -2.79. The number of β-lactam (4-membered cyclic amide) rings is 1. The van der Waals surface area contributed by atoms with E-state index in [1.54, 1.807) is 23.5 Å². The third-order valence-corrected chi connectivity index (χ3v) is 7.53. The molecule has 3 rings (SSSR count). The van der Waals surface area contributed by atoms with Gasteiger partial charge in [0.05, 0.1) is 0 Å². The first kappa shape index (κ1) is 22.4. The zero-order valence-corrected chi connectivity index (χ0v) is 19.3. The molecule has 2 aliphatic rings. The maximum Gasteiger partial charge on any atom is 0.357 e. The van der Waals surface area contributed by atoms with E-state index in [1.807, 2.05) is 13.3 Å². The molecular weight excluding hydrogens is 439 g/mol. The maximum absolute atomic E-state index is 13.1. The van der Waals surface area contributed by atoms with Crippen LogP contribution >= 0.6 is 31.6 Å². The third kappa shape index (κ3) is 4.17. The average molecular weight is 462 g/mol. The summed E-state index contributed by atoms with van der Waals surface area (Å²) >= 11 is 2.93. The number of ether oxygens (including phenoxy) is 3. The van der Waals surface area contributed by atoms with Crippen molar-refractivity contribution in [3.63, 3.8) is 0 Å². The van der Waals surface area contributed by atoms with Crippen molar-refractivity contribution in [1.82, 2.24) is 30.2 Å². The summed E-state index contributed by atoms with van der Waals surface area (Å²) < 4.78 is 17.2. The van der Waals surface area contributed by atoms with Gasteiger partial charge in [0.1, 0.15) is 11.1 Å². The highest BCUT2D eigenvalue weighted by Gasteiger charge is 2.66. The largest absolute Gasteiger partial charge is 0.434 e. The Morgan fingerprint density at radius 1 is 1.45 bits per heavy atom. The van der Waals surface area contributed by atoms with Gasteiger partial charge in [-0.2, -0.15) is 0 Å². The molecule has 0 saturated carbocycles. The van der Waals surface area contributed by atoms with Gasteiger partial charge in [-0.25, -0.2) is 9.48 Å². The highest BCUT2D eigenvalue weighted by atomic mass is 32.2. The first-order valence-corrected chi connectivity index (χ1v) is 12.8. The number of methoxy groups -OCH3 is 2. The molecule has 0 radical (unpaired) electrons. The van der Waals surface area contributed by atoms with E-state index in [4.69, 9.17) is 14.2 Å². The van der Waals surface area contributed by atoms with Crippen LogP contribution < -0.4 is 5.09 Å². The van der Waals surface area contributed by atoms with Gasteiger partial charge in [0.15, 0.2) is 6.79 Å². The lowest BCUT2D eigenvalue weighted by atomic mass is 10.00. The van der Waals surface area contributed by atoms with E-state index in [-0.39, 0.29) is 23.8 Å². The summed E-state index contributed by atoms with van der Waals surface area (Å²) in [4.78, 5) is 27.4. The zero-order valence-electron chi connectivity index (χ0n) is 16.7. The summed E-state index contributed by atoms with van der Waals surface area (Å²) in [5, 5.41) is 14.9. The number of carbonyl (C=O) groups excluding carboxylic acids is 2. The van der Waals surface area contributed by atoms with Crippen LogP contribution in [0.25, 0.3) is 0 Å². The van der Waals surface area contributed by atoms with E-state index in [9.17, 15) is 9.59 Å². The number of aromatic nitrogens is 4. The second-order valence-electron chi connectivity index (χ2n) is 6.45. The molecule has 0 unspecified atom stereocenters. The minimum absolute atomic E-state index is 0.196. The number of aryl methyl sites for hydroxylation is 1. The van der Waals surface area contributed by atoms with E-state index in [1.165, 1.54) is 30.9 Å².